The third-order valence-corrected chi connectivity index (χ3v) is 5.27. The lowest BCUT2D eigenvalue weighted by Crippen LogP contribution is -2.36. The fourth-order valence-electron chi connectivity index (χ4n) is 2.02. The average molecular weight is 323 g/mol. The minimum Gasteiger partial charge on any atom is -0.424 e. The molecule has 1 aromatic carbocycles. The van der Waals surface area contributed by atoms with Crippen molar-refractivity contribution in [2.75, 3.05) is 0 Å². The molecule has 0 bridgehead atoms. The zero-order chi connectivity index (χ0) is 16.7. The van der Waals surface area contributed by atoms with E-state index in [1.165, 1.54) is 16.6 Å². The zero-order valence-electron chi connectivity index (χ0n) is 13.5. The molecule has 0 saturated carbocycles. The molecule has 120 valence electrons. The van der Waals surface area contributed by atoms with Crippen molar-refractivity contribution < 1.29 is 17.9 Å². The summed E-state index contributed by atoms with van der Waals surface area (Å²) in [4.78, 5) is 12.3. The second kappa shape index (κ2) is 5.43. The fraction of sp³-hybridized carbons (Fsp3) is 0.438. The van der Waals surface area contributed by atoms with Crippen LogP contribution in [-0.4, -0.2) is 24.7 Å². The van der Waals surface area contributed by atoms with Crippen molar-refractivity contribution >= 4 is 21.8 Å². The average Bonchev–Trinajstić information content (AvgIpc) is 2.40. The van der Waals surface area contributed by atoms with E-state index >= 15 is 0 Å². The van der Waals surface area contributed by atoms with E-state index in [0.717, 1.165) is 0 Å². The molecule has 0 saturated heterocycles. The summed E-state index contributed by atoms with van der Waals surface area (Å²) < 4.78 is 31.9. The van der Waals surface area contributed by atoms with Crippen molar-refractivity contribution in [3.8, 4) is 0 Å². The number of hydrogen-bond acceptors (Lipinski definition) is 4. The lowest BCUT2D eigenvalue weighted by Gasteiger charge is -2.31. The summed E-state index contributed by atoms with van der Waals surface area (Å²) >= 11 is 0. The van der Waals surface area contributed by atoms with Crippen LogP contribution in [-0.2, 0) is 19.6 Å². The number of fused-ring (bicyclic) bond motifs is 1. The molecule has 0 aliphatic carbocycles. The van der Waals surface area contributed by atoms with Crippen LogP contribution in [0, 0.1) is 5.41 Å². The Bertz CT molecular complexity index is 727. The molecule has 0 spiro atoms. The molecule has 0 fully saturated rings. The summed E-state index contributed by atoms with van der Waals surface area (Å²) in [5.74, 6) is -0.143. The molecule has 1 aromatic rings. The Hall–Kier alpha value is -1.82. The highest BCUT2D eigenvalue weighted by atomic mass is 32.2. The fourth-order valence-corrected chi connectivity index (χ4v) is 3.74. The molecule has 0 radical (unpaired) electrons. The first-order chi connectivity index (χ1) is 10.0. The topological polar surface area (TPSA) is 63.7 Å². The lowest BCUT2D eigenvalue weighted by atomic mass is 9.97. The number of esters is 1. The van der Waals surface area contributed by atoms with Gasteiger partial charge in [-0.1, -0.05) is 12.1 Å². The monoisotopic (exact) mass is 323 g/mol. The number of hydrogen-bond donors (Lipinski definition) is 0. The van der Waals surface area contributed by atoms with Crippen LogP contribution in [0.25, 0.3) is 5.76 Å². The third kappa shape index (κ3) is 2.88. The molecule has 5 nitrogen and oxygen atoms in total. The van der Waals surface area contributed by atoms with Gasteiger partial charge in [0.25, 0.3) is 10.0 Å². The molecule has 22 heavy (non-hydrogen) atoms. The SMILES string of the molecule is CC(C)N1C=C(OC(=O)C(C)(C)C)c2ccccc2S1(=O)=O. The van der Waals surface area contributed by atoms with Gasteiger partial charge in [-0.2, -0.15) is 0 Å². The molecule has 2 rings (SSSR count). The van der Waals surface area contributed by atoms with Gasteiger partial charge in [0.05, 0.1) is 16.5 Å². The van der Waals surface area contributed by atoms with E-state index in [2.05, 4.69) is 0 Å². The van der Waals surface area contributed by atoms with Crippen LogP contribution in [0.2, 0.25) is 0 Å². The summed E-state index contributed by atoms with van der Waals surface area (Å²) in [7, 11) is -3.62. The van der Waals surface area contributed by atoms with Crippen molar-refractivity contribution in [3.05, 3.63) is 36.0 Å². The summed E-state index contributed by atoms with van der Waals surface area (Å²) in [6.45, 7) is 8.79. The Morgan fingerprint density at radius 1 is 1.18 bits per heavy atom. The zero-order valence-corrected chi connectivity index (χ0v) is 14.3. The van der Waals surface area contributed by atoms with Crippen LogP contribution >= 0.6 is 0 Å². The molecule has 0 aromatic heterocycles. The maximum Gasteiger partial charge on any atom is 0.316 e. The molecule has 0 N–H and O–H groups in total. The van der Waals surface area contributed by atoms with Crippen molar-refractivity contribution in [3.63, 3.8) is 0 Å². The Morgan fingerprint density at radius 3 is 2.32 bits per heavy atom. The molecule has 0 atom stereocenters. The van der Waals surface area contributed by atoms with Crippen molar-refractivity contribution in [2.24, 2.45) is 5.41 Å². The van der Waals surface area contributed by atoms with Gasteiger partial charge in [-0.3, -0.25) is 9.10 Å². The summed E-state index contributed by atoms with van der Waals surface area (Å²) in [5.41, 5.74) is -0.258. The number of carbonyl (C=O) groups excluding carboxylic acids is 1. The van der Waals surface area contributed by atoms with E-state index in [9.17, 15) is 13.2 Å². The minimum absolute atomic E-state index is 0.155. The van der Waals surface area contributed by atoms with Gasteiger partial charge in [0.1, 0.15) is 0 Å². The highest BCUT2D eigenvalue weighted by molar-refractivity contribution is 7.89. The van der Waals surface area contributed by atoms with Gasteiger partial charge in [0.15, 0.2) is 5.76 Å². The number of sulfonamides is 1. The first-order valence-corrected chi connectivity index (χ1v) is 8.56. The quantitative estimate of drug-likeness (QED) is 0.785. The maximum atomic E-state index is 12.6. The van der Waals surface area contributed by atoms with E-state index in [1.807, 2.05) is 0 Å². The second-order valence-electron chi connectivity index (χ2n) is 6.56. The first kappa shape index (κ1) is 16.5. The van der Waals surface area contributed by atoms with Crippen LogP contribution in [0.1, 0.15) is 40.2 Å². The Balaban J connectivity index is 2.56. The van der Waals surface area contributed by atoms with Crippen molar-refractivity contribution in [1.29, 1.82) is 0 Å². The summed E-state index contributed by atoms with van der Waals surface area (Å²) in [6.07, 6.45) is 1.39. The standard InChI is InChI=1S/C16H21NO4S/c1-11(2)17-10-13(21-15(18)16(3,4)5)12-8-6-7-9-14(12)22(17,19)20/h6-11H,1-5H3. The van der Waals surface area contributed by atoms with Crippen LogP contribution in [0.5, 0.6) is 0 Å². The number of rotatable bonds is 2. The molecular formula is C16H21NO4S. The number of ether oxygens (including phenoxy) is 1. The van der Waals surface area contributed by atoms with Crippen LogP contribution < -0.4 is 0 Å². The van der Waals surface area contributed by atoms with Gasteiger partial charge in [0.2, 0.25) is 0 Å². The Kier molecular flexibility index (Phi) is 4.08. The Labute approximate surface area is 131 Å². The van der Waals surface area contributed by atoms with Crippen molar-refractivity contribution in [1.82, 2.24) is 4.31 Å². The van der Waals surface area contributed by atoms with Gasteiger partial charge >= 0.3 is 5.97 Å². The molecule has 1 aliphatic heterocycles. The molecule has 1 heterocycles. The van der Waals surface area contributed by atoms with Crippen LogP contribution in [0.15, 0.2) is 35.4 Å². The maximum absolute atomic E-state index is 12.6. The molecule has 0 amide bonds. The van der Waals surface area contributed by atoms with E-state index in [4.69, 9.17) is 4.74 Å². The van der Waals surface area contributed by atoms with E-state index in [-0.39, 0.29) is 16.7 Å². The van der Waals surface area contributed by atoms with E-state index in [0.29, 0.717) is 5.56 Å². The molecule has 0 unspecified atom stereocenters. The van der Waals surface area contributed by atoms with E-state index in [1.54, 1.807) is 52.8 Å². The van der Waals surface area contributed by atoms with Gasteiger partial charge in [-0.05, 0) is 46.8 Å². The van der Waals surface area contributed by atoms with Gasteiger partial charge in [-0.25, -0.2) is 8.42 Å². The Morgan fingerprint density at radius 2 is 1.77 bits per heavy atom. The minimum atomic E-state index is -3.62. The first-order valence-electron chi connectivity index (χ1n) is 7.12. The number of nitrogens with zero attached hydrogens (tertiary/aromatic N) is 1. The highest BCUT2D eigenvalue weighted by Crippen LogP contribution is 2.35. The van der Waals surface area contributed by atoms with Gasteiger partial charge in [0, 0.05) is 11.6 Å². The largest absolute Gasteiger partial charge is 0.424 e. The second-order valence-corrected chi connectivity index (χ2v) is 8.37. The van der Waals surface area contributed by atoms with Crippen LogP contribution in [0.3, 0.4) is 0 Å². The summed E-state index contributed by atoms with van der Waals surface area (Å²) in [5, 5.41) is 0. The predicted molar refractivity (Wildman–Crippen MR) is 84.1 cm³/mol. The lowest BCUT2D eigenvalue weighted by molar-refractivity contribution is -0.145. The number of carbonyl (C=O) groups is 1. The van der Waals surface area contributed by atoms with E-state index < -0.39 is 21.4 Å². The van der Waals surface area contributed by atoms with Gasteiger partial charge < -0.3 is 4.74 Å². The van der Waals surface area contributed by atoms with Crippen LogP contribution in [0.4, 0.5) is 0 Å². The number of benzene rings is 1. The molecule has 6 heteroatoms. The molecule has 1 aliphatic rings. The van der Waals surface area contributed by atoms with Crippen molar-refractivity contribution in [2.45, 2.75) is 45.6 Å². The predicted octanol–water partition coefficient (Wildman–Crippen LogP) is 2.99. The smallest absolute Gasteiger partial charge is 0.316 e. The summed E-state index contributed by atoms with van der Waals surface area (Å²) in [6, 6.07) is 6.27. The third-order valence-electron chi connectivity index (χ3n) is 3.28. The highest BCUT2D eigenvalue weighted by Gasteiger charge is 2.35. The van der Waals surface area contributed by atoms with Gasteiger partial charge in [-0.15, -0.1) is 0 Å². The molecular weight excluding hydrogens is 302 g/mol. The normalized spacial score (nSPS) is 17.0.